The van der Waals surface area contributed by atoms with Crippen molar-refractivity contribution in [2.75, 3.05) is 13.2 Å². The van der Waals surface area contributed by atoms with Gasteiger partial charge in [-0.15, -0.1) is 11.3 Å². The number of thiophene rings is 1. The van der Waals surface area contributed by atoms with Crippen LogP contribution in [0, 0.1) is 6.57 Å². The van der Waals surface area contributed by atoms with Gasteiger partial charge < -0.3 is 9.47 Å². The fraction of sp³-hybridized carbons (Fsp3) is 0.188. The van der Waals surface area contributed by atoms with Crippen LogP contribution in [0.25, 0.3) is 4.85 Å². The Morgan fingerprint density at radius 2 is 2.09 bits per heavy atom. The summed E-state index contributed by atoms with van der Waals surface area (Å²) in [5.74, 6) is -0.594. The fourth-order valence-electron chi connectivity index (χ4n) is 1.79. The van der Waals surface area contributed by atoms with Crippen molar-refractivity contribution in [2.45, 2.75) is 6.92 Å². The van der Waals surface area contributed by atoms with Crippen molar-refractivity contribution < 1.29 is 19.1 Å². The van der Waals surface area contributed by atoms with Gasteiger partial charge >= 0.3 is 5.97 Å². The minimum Gasteiger partial charge on any atom is -0.481 e. The van der Waals surface area contributed by atoms with Crippen molar-refractivity contribution in [3.05, 3.63) is 57.2 Å². The molecule has 0 bridgehead atoms. The summed E-state index contributed by atoms with van der Waals surface area (Å²) in [6, 6.07) is 7.72. The van der Waals surface area contributed by atoms with E-state index < -0.39 is 5.97 Å². The van der Waals surface area contributed by atoms with E-state index >= 15 is 0 Å². The van der Waals surface area contributed by atoms with Crippen LogP contribution in [-0.2, 0) is 9.53 Å². The largest absolute Gasteiger partial charge is 0.481 e. The molecule has 0 unspecified atom stereocenters. The Bertz CT molecular complexity index is 779. The molecule has 5 nitrogen and oxygen atoms in total. The number of carbonyl (C=O) groups excluding carboxylic acids is 2. The van der Waals surface area contributed by atoms with E-state index in [2.05, 4.69) is 4.85 Å². The summed E-state index contributed by atoms with van der Waals surface area (Å²) in [6.07, 6.45) is 0. The third-order valence-electron chi connectivity index (χ3n) is 2.76. The molecule has 0 saturated heterocycles. The van der Waals surface area contributed by atoms with Crippen LogP contribution in [-0.4, -0.2) is 25.0 Å². The first-order valence-corrected chi connectivity index (χ1v) is 7.84. The SMILES string of the molecule is [C-]#[N+]c1ccc(C(=O)c2cc(Cl)ccc2OCC(=O)OCC)s1. The lowest BCUT2D eigenvalue weighted by molar-refractivity contribution is -0.145. The predicted molar refractivity (Wildman–Crippen MR) is 87.6 cm³/mol. The molecular weight excluding hydrogens is 338 g/mol. The molecule has 118 valence electrons. The minimum atomic E-state index is -0.521. The smallest absolute Gasteiger partial charge is 0.344 e. The van der Waals surface area contributed by atoms with Gasteiger partial charge in [0.2, 0.25) is 10.8 Å². The molecule has 2 rings (SSSR count). The molecule has 0 aliphatic carbocycles. The Morgan fingerprint density at radius 1 is 1.30 bits per heavy atom. The van der Waals surface area contributed by atoms with Crippen LogP contribution in [0.1, 0.15) is 22.2 Å². The fourth-order valence-corrected chi connectivity index (χ4v) is 2.71. The van der Waals surface area contributed by atoms with Crippen molar-refractivity contribution in [1.29, 1.82) is 0 Å². The third-order valence-corrected chi connectivity index (χ3v) is 3.98. The Hall–Kier alpha value is -2.36. The van der Waals surface area contributed by atoms with Crippen LogP contribution in [0.4, 0.5) is 5.00 Å². The summed E-state index contributed by atoms with van der Waals surface area (Å²) in [4.78, 5) is 27.6. The van der Waals surface area contributed by atoms with E-state index in [0.29, 0.717) is 14.9 Å². The molecule has 0 aliphatic rings. The minimum absolute atomic E-state index is 0.236. The normalized spacial score (nSPS) is 9.96. The zero-order valence-electron chi connectivity index (χ0n) is 12.2. The van der Waals surface area contributed by atoms with Crippen molar-refractivity contribution in [1.82, 2.24) is 0 Å². The van der Waals surface area contributed by atoms with Crippen molar-refractivity contribution in [2.24, 2.45) is 0 Å². The van der Waals surface area contributed by atoms with Gasteiger partial charge in [-0.3, -0.25) is 4.79 Å². The third kappa shape index (κ3) is 4.31. The molecule has 0 spiro atoms. The van der Waals surface area contributed by atoms with Crippen LogP contribution in [0.3, 0.4) is 0 Å². The summed E-state index contributed by atoms with van der Waals surface area (Å²) >= 11 is 7.04. The van der Waals surface area contributed by atoms with Gasteiger partial charge in [0.15, 0.2) is 6.61 Å². The topological polar surface area (TPSA) is 57.0 Å². The van der Waals surface area contributed by atoms with E-state index in [-0.39, 0.29) is 30.3 Å². The van der Waals surface area contributed by atoms with Crippen molar-refractivity contribution in [3.63, 3.8) is 0 Å². The maximum atomic E-state index is 12.6. The Labute approximate surface area is 142 Å². The lowest BCUT2D eigenvalue weighted by Gasteiger charge is -2.10. The van der Waals surface area contributed by atoms with E-state index in [0.717, 1.165) is 11.3 Å². The molecule has 0 fully saturated rings. The van der Waals surface area contributed by atoms with Gasteiger partial charge in [0, 0.05) is 5.02 Å². The summed E-state index contributed by atoms with van der Waals surface area (Å²) in [5.41, 5.74) is 0.236. The zero-order valence-corrected chi connectivity index (χ0v) is 13.7. The summed E-state index contributed by atoms with van der Waals surface area (Å²) in [5, 5.41) is 0.795. The number of hydrogen-bond donors (Lipinski definition) is 0. The lowest BCUT2D eigenvalue weighted by atomic mass is 10.1. The summed E-state index contributed by atoms with van der Waals surface area (Å²) < 4.78 is 10.2. The van der Waals surface area contributed by atoms with Gasteiger partial charge in [-0.05, 0) is 31.2 Å². The number of benzene rings is 1. The van der Waals surface area contributed by atoms with Crippen LogP contribution >= 0.6 is 22.9 Å². The highest BCUT2D eigenvalue weighted by atomic mass is 35.5. The maximum absolute atomic E-state index is 12.6. The Balaban J connectivity index is 2.26. The predicted octanol–water partition coefficient (Wildman–Crippen LogP) is 4.13. The average molecular weight is 350 g/mol. The second-order valence-corrected chi connectivity index (χ2v) is 5.81. The van der Waals surface area contributed by atoms with Gasteiger partial charge in [0.25, 0.3) is 0 Å². The first-order valence-electron chi connectivity index (χ1n) is 6.65. The molecule has 0 atom stereocenters. The van der Waals surface area contributed by atoms with Gasteiger partial charge in [0.1, 0.15) is 5.75 Å². The Morgan fingerprint density at radius 3 is 2.74 bits per heavy atom. The number of hydrogen-bond acceptors (Lipinski definition) is 5. The van der Waals surface area contributed by atoms with Crippen LogP contribution in [0.2, 0.25) is 5.02 Å². The molecular formula is C16H12ClNO4S. The number of nitrogens with zero attached hydrogens (tertiary/aromatic N) is 1. The molecule has 23 heavy (non-hydrogen) atoms. The lowest BCUT2D eigenvalue weighted by Crippen LogP contribution is -2.16. The second kappa shape index (κ2) is 7.77. The molecule has 1 aromatic carbocycles. The quantitative estimate of drug-likeness (QED) is 0.447. The summed E-state index contributed by atoms with van der Waals surface area (Å²) in [6.45, 7) is 8.61. The van der Waals surface area contributed by atoms with Crippen LogP contribution < -0.4 is 4.74 Å². The highest BCUT2D eigenvalue weighted by molar-refractivity contribution is 7.18. The van der Waals surface area contributed by atoms with E-state index in [1.165, 1.54) is 12.1 Å². The number of carbonyl (C=O) groups is 2. The Kier molecular flexibility index (Phi) is 5.74. The highest BCUT2D eigenvalue weighted by Crippen LogP contribution is 2.31. The first kappa shape index (κ1) is 17.0. The standard InChI is InChI=1S/C16H12ClNO4S/c1-3-21-15(19)9-22-12-5-4-10(17)8-11(12)16(20)13-6-7-14(18-2)23-13/h4-8H,3,9H2,1H3. The molecule has 0 N–H and O–H groups in total. The monoisotopic (exact) mass is 349 g/mol. The molecule has 7 heteroatoms. The molecule has 0 saturated carbocycles. The molecule has 1 heterocycles. The zero-order chi connectivity index (χ0) is 16.8. The number of ether oxygens (including phenoxy) is 2. The second-order valence-electron chi connectivity index (χ2n) is 4.31. The average Bonchev–Trinajstić information content (AvgIpc) is 3.02. The van der Waals surface area contributed by atoms with Gasteiger partial charge in [-0.1, -0.05) is 17.7 Å². The van der Waals surface area contributed by atoms with E-state index in [1.54, 1.807) is 25.1 Å². The van der Waals surface area contributed by atoms with Crippen LogP contribution in [0.5, 0.6) is 5.75 Å². The molecule has 2 aromatic rings. The highest BCUT2D eigenvalue weighted by Gasteiger charge is 2.18. The van der Waals surface area contributed by atoms with Gasteiger partial charge in [0.05, 0.1) is 23.6 Å². The molecule has 1 aromatic heterocycles. The number of halogens is 1. The molecule has 0 amide bonds. The van der Waals surface area contributed by atoms with Crippen molar-refractivity contribution in [3.8, 4) is 5.75 Å². The van der Waals surface area contributed by atoms with E-state index in [9.17, 15) is 9.59 Å². The number of ketones is 1. The van der Waals surface area contributed by atoms with Gasteiger partial charge in [-0.2, -0.15) is 0 Å². The van der Waals surface area contributed by atoms with E-state index in [1.807, 2.05) is 0 Å². The maximum Gasteiger partial charge on any atom is 0.344 e. The van der Waals surface area contributed by atoms with E-state index in [4.69, 9.17) is 27.6 Å². The van der Waals surface area contributed by atoms with Crippen molar-refractivity contribution >= 4 is 39.7 Å². The molecule has 0 aliphatic heterocycles. The van der Waals surface area contributed by atoms with Crippen LogP contribution in [0.15, 0.2) is 30.3 Å². The first-order chi connectivity index (χ1) is 11.0. The molecule has 0 radical (unpaired) electrons. The summed E-state index contributed by atoms with van der Waals surface area (Å²) in [7, 11) is 0. The number of esters is 1. The number of rotatable bonds is 6. The van der Waals surface area contributed by atoms with Gasteiger partial charge in [-0.25, -0.2) is 9.64 Å².